The smallest absolute Gasteiger partial charge is 0.275 e. The van der Waals surface area contributed by atoms with Crippen LogP contribution in [0.2, 0.25) is 0 Å². The second-order valence-electron chi connectivity index (χ2n) is 0.618. The summed E-state index contributed by atoms with van der Waals surface area (Å²) in [4.78, 5) is 9.71. The van der Waals surface area contributed by atoms with Gasteiger partial charge in [-0.1, -0.05) is 0 Å². The van der Waals surface area contributed by atoms with Crippen molar-refractivity contribution in [1.82, 2.24) is 10.9 Å². The van der Waals surface area contributed by atoms with Crippen LogP contribution >= 0.6 is 24.0 Å². The molecule has 0 fully saturated rings. The molecule has 7 heavy (non-hydrogen) atoms. The zero-order valence-electron chi connectivity index (χ0n) is 3.47. The minimum absolute atomic E-state index is 0. The van der Waals surface area contributed by atoms with Crippen molar-refractivity contribution in [2.75, 3.05) is 0 Å². The van der Waals surface area contributed by atoms with E-state index in [0.29, 0.717) is 0 Å². The predicted octanol–water partition coefficient (Wildman–Crippen LogP) is -1.35. The van der Waals surface area contributed by atoms with Crippen molar-refractivity contribution >= 4 is 30.0 Å². The Hall–Kier alpha value is -0.0800. The van der Waals surface area contributed by atoms with E-state index in [1.165, 1.54) is 0 Å². The maximum Gasteiger partial charge on any atom is 0.343 e. The van der Waals surface area contributed by atoms with Gasteiger partial charge in [0.2, 0.25) is 0 Å². The molecule has 0 rings (SSSR count). The van der Waals surface area contributed by atoms with Crippen LogP contribution in [-0.4, -0.2) is 6.03 Å². The highest BCUT2D eigenvalue weighted by molar-refractivity contribution is 14.0. The number of rotatable bonds is 0. The van der Waals surface area contributed by atoms with Gasteiger partial charge in [-0.05, 0) is 0 Å². The third-order valence-corrected chi connectivity index (χ3v) is 0.262. The van der Waals surface area contributed by atoms with Gasteiger partial charge in [0.25, 0.3) is 0 Å². The maximum absolute atomic E-state index is 9.71. The maximum atomic E-state index is 9.71. The first kappa shape index (κ1) is 10.0. The summed E-state index contributed by atoms with van der Waals surface area (Å²) in [6.07, 6.45) is 0. The second kappa shape index (κ2) is 5.92. The Morgan fingerprint density at radius 3 is 1.57 bits per heavy atom. The summed E-state index contributed by atoms with van der Waals surface area (Å²) in [5.74, 6) is 9.08. The van der Waals surface area contributed by atoms with Crippen molar-refractivity contribution in [1.29, 1.82) is 0 Å². The van der Waals surface area contributed by atoms with Crippen LogP contribution in [0, 0.1) is 0 Å². The summed E-state index contributed by atoms with van der Waals surface area (Å²) >= 11 is 0. The Labute approximate surface area is 57.8 Å². The molecule has 5 nitrogen and oxygen atoms in total. The van der Waals surface area contributed by atoms with Crippen molar-refractivity contribution in [3.63, 3.8) is 0 Å². The number of hydrazine groups is 2. The molecular weight excluding hydrogens is 211 g/mol. The summed E-state index contributed by atoms with van der Waals surface area (Å²) in [6.45, 7) is 0. The molecule has 2 amide bonds. The summed E-state index contributed by atoms with van der Waals surface area (Å²) in [5.41, 5.74) is 3.48. The predicted molar refractivity (Wildman–Crippen MR) is 35.5 cm³/mol. The molecule has 0 radical (unpaired) electrons. The number of halogens is 1. The van der Waals surface area contributed by atoms with Crippen LogP contribution in [0.1, 0.15) is 0 Å². The number of hydrogen-bond acceptors (Lipinski definition) is 3. The van der Waals surface area contributed by atoms with E-state index in [-0.39, 0.29) is 24.0 Å². The molecule has 0 aliphatic carbocycles. The van der Waals surface area contributed by atoms with Gasteiger partial charge in [0.15, 0.2) is 0 Å². The van der Waals surface area contributed by atoms with Crippen LogP contribution in [0.4, 0.5) is 4.79 Å². The van der Waals surface area contributed by atoms with Crippen molar-refractivity contribution in [2.45, 2.75) is 0 Å². The lowest BCUT2D eigenvalue weighted by atomic mass is 11.1. The monoisotopic (exact) mass is 218 g/mol. The number of carbonyl (C=O) groups is 1. The topological polar surface area (TPSA) is 93.2 Å². The van der Waals surface area contributed by atoms with Crippen LogP contribution in [0.25, 0.3) is 0 Å². The van der Waals surface area contributed by atoms with Crippen molar-refractivity contribution in [3.05, 3.63) is 0 Å². The Morgan fingerprint density at radius 2 is 1.57 bits per heavy atom. The first-order valence-electron chi connectivity index (χ1n) is 1.28. The summed E-state index contributed by atoms with van der Waals surface area (Å²) in [5, 5.41) is 0. The lowest BCUT2D eigenvalue weighted by Gasteiger charge is -1.90. The van der Waals surface area contributed by atoms with E-state index in [1.54, 1.807) is 10.9 Å². The Morgan fingerprint density at radius 1 is 1.29 bits per heavy atom. The van der Waals surface area contributed by atoms with E-state index in [2.05, 4.69) is 11.7 Å². The van der Waals surface area contributed by atoms with Crippen LogP contribution in [0.3, 0.4) is 0 Å². The average molecular weight is 218 g/mol. The Kier molecular flexibility index (Phi) is 8.47. The molecule has 0 heterocycles. The van der Waals surface area contributed by atoms with Gasteiger partial charge in [0.1, 0.15) is 0 Å². The van der Waals surface area contributed by atoms with Gasteiger partial charge in [0, 0.05) is 0 Å². The molecule has 0 aliphatic heterocycles. The van der Waals surface area contributed by atoms with E-state index < -0.39 is 6.03 Å². The molecule has 0 saturated carbocycles. The highest BCUT2D eigenvalue weighted by atomic mass is 127. The van der Waals surface area contributed by atoms with Gasteiger partial charge >= 0.3 is 6.03 Å². The SMILES string of the molecule is I.NNC(=O)NN. The van der Waals surface area contributed by atoms with E-state index in [0.717, 1.165) is 0 Å². The Balaban J connectivity index is 0. The van der Waals surface area contributed by atoms with Crippen molar-refractivity contribution in [2.24, 2.45) is 11.7 Å². The third-order valence-electron chi connectivity index (χ3n) is 0.262. The molecule has 0 aromatic carbocycles. The molecule has 0 unspecified atom stereocenters. The van der Waals surface area contributed by atoms with E-state index in [9.17, 15) is 4.79 Å². The molecule has 0 aromatic rings. The molecule has 6 N–H and O–H groups in total. The lowest BCUT2D eigenvalue weighted by molar-refractivity contribution is 0.241. The summed E-state index contributed by atoms with van der Waals surface area (Å²) in [7, 11) is 0. The largest absolute Gasteiger partial charge is 0.343 e. The molecular formula is CH7IN4O. The fourth-order valence-electron chi connectivity index (χ4n) is 0.0417. The molecule has 0 aliphatic rings. The van der Waals surface area contributed by atoms with Gasteiger partial charge in [-0.3, -0.25) is 10.9 Å². The normalized spacial score (nSPS) is 6.00. The van der Waals surface area contributed by atoms with Crippen molar-refractivity contribution in [3.8, 4) is 0 Å². The number of nitrogens with one attached hydrogen (secondary N) is 2. The molecule has 0 aromatic heterocycles. The molecule has 0 bridgehead atoms. The second-order valence-corrected chi connectivity index (χ2v) is 0.618. The molecule has 0 spiro atoms. The highest BCUT2D eigenvalue weighted by Gasteiger charge is 1.82. The number of urea groups is 1. The van der Waals surface area contributed by atoms with Crippen molar-refractivity contribution < 1.29 is 4.79 Å². The zero-order valence-corrected chi connectivity index (χ0v) is 5.80. The molecule has 0 atom stereocenters. The molecule has 6 heteroatoms. The van der Waals surface area contributed by atoms with E-state index in [4.69, 9.17) is 0 Å². The third kappa shape index (κ3) is 5.92. The summed E-state index contributed by atoms with van der Waals surface area (Å²) in [6, 6.07) is -0.602. The number of nitrogens with two attached hydrogens (primary N) is 2. The summed E-state index contributed by atoms with van der Waals surface area (Å²) < 4.78 is 0. The van der Waals surface area contributed by atoms with Crippen LogP contribution < -0.4 is 22.5 Å². The van der Waals surface area contributed by atoms with Gasteiger partial charge in [-0.2, -0.15) is 0 Å². The first-order valence-corrected chi connectivity index (χ1v) is 1.28. The highest BCUT2D eigenvalue weighted by Crippen LogP contribution is 1.42. The number of amides is 2. The van der Waals surface area contributed by atoms with E-state index >= 15 is 0 Å². The fourth-order valence-corrected chi connectivity index (χ4v) is 0.0417. The first-order chi connectivity index (χ1) is 2.81. The van der Waals surface area contributed by atoms with Crippen LogP contribution in [-0.2, 0) is 0 Å². The number of hydrogen-bond donors (Lipinski definition) is 4. The van der Waals surface area contributed by atoms with E-state index in [1.807, 2.05) is 0 Å². The quantitative estimate of drug-likeness (QED) is 0.175. The minimum Gasteiger partial charge on any atom is -0.275 e. The fraction of sp³-hybridized carbons (Fsp3) is 0. The Bertz CT molecular complexity index is 49.7. The molecule has 0 saturated heterocycles. The lowest BCUT2D eigenvalue weighted by Crippen LogP contribution is -2.43. The van der Waals surface area contributed by atoms with Gasteiger partial charge in [-0.25, -0.2) is 16.5 Å². The number of carbonyl (C=O) groups excluding carboxylic acids is 1. The van der Waals surface area contributed by atoms with Gasteiger partial charge in [-0.15, -0.1) is 24.0 Å². The standard InChI is InChI=1S/CH6N4O.HI/c2-4-1(6)5-3;/h2-3H2,(H2,4,5,6);1H. The molecule has 44 valence electrons. The van der Waals surface area contributed by atoms with Gasteiger partial charge < -0.3 is 0 Å². The van der Waals surface area contributed by atoms with Gasteiger partial charge in [0.05, 0.1) is 0 Å². The average Bonchev–Trinajstić information content (AvgIpc) is 1.65. The minimum atomic E-state index is -0.602. The van der Waals surface area contributed by atoms with Crippen LogP contribution in [0.15, 0.2) is 0 Å². The van der Waals surface area contributed by atoms with Crippen LogP contribution in [0.5, 0.6) is 0 Å². The zero-order chi connectivity index (χ0) is 4.99.